The van der Waals surface area contributed by atoms with E-state index in [2.05, 4.69) is 0 Å². The lowest BCUT2D eigenvalue weighted by Crippen LogP contribution is -2.60. The van der Waals surface area contributed by atoms with Crippen molar-refractivity contribution in [1.29, 1.82) is 0 Å². The summed E-state index contributed by atoms with van der Waals surface area (Å²) in [5.74, 6) is -3.29. The summed E-state index contributed by atoms with van der Waals surface area (Å²) in [6.45, 7) is 1.48. The molecule has 3 atom stereocenters. The van der Waals surface area contributed by atoms with E-state index < -0.39 is 29.4 Å². The summed E-state index contributed by atoms with van der Waals surface area (Å²) < 4.78 is 0. The number of benzene rings is 1. The highest BCUT2D eigenvalue weighted by atomic mass is 16.4. The molecule has 6 heteroatoms. The molecule has 1 rings (SSSR count). The average molecular weight is 252 g/mol. The van der Waals surface area contributed by atoms with Crippen LogP contribution in [-0.2, 0) is 9.59 Å². The number of rotatable bonds is 5. The Bertz CT molecular complexity index is 449. The number of nitrogens with two attached hydrogens (primary N) is 2. The minimum atomic E-state index is -2.44. The van der Waals surface area contributed by atoms with Crippen molar-refractivity contribution in [1.82, 2.24) is 0 Å². The van der Waals surface area contributed by atoms with Crippen LogP contribution in [0.15, 0.2) is 30.3 Å². The zero-order valence-corrected chi connectivity index (χ0v) is 9.91. The van der Waals surface area contributed by atoms with Crippen molar-refractivity contribution < 1.29 is 19.8 Å². The Labute approximate surface area is 104 Å². The van der Waals surface area contributed by atoms with Gasteiger partial charge in [0.1, 0.15) is 0 Å². The van der Waals surface area contributed by atoms with Gasteiger partial charge in [0.25, 0.3) is 5.91 Å². The fourth-order valence-electron chi connectivity index (χ4n) is 1.80. The van der Waals surface area contributed by atoms with E-state index in [0.29, 0.717) is 5.56 Å². The van der Waals surface area contributed by atoms with E-state index in [4.69, 9.17) is 11.5 Å². The van der Waals surface area contributed by atoms with Gasteiger partial charge in [0.15, 0.2) is 11.7 Å². The second-order valence-electron chi connectivity index (χ2n) is 4.13. The molecule has 6 nitrogen and oxygen atoms in total. The van der Waals surface area contributed by atoms with Gasteiger partial charge in [-0.1, -0.05) is 37.3 Å². The van der Waals surface area contributed by atoms with Crippen LogP contribution in [0, 0.1) is 0 Å². The molecule has 0 radical (unpaired) electrons. The minimum absolute atomic E-state index is 0.555. The summed E-state index contributed by atoms with van der Waals surface area (Å²) in [5.41, 5.74) is 8.13. The summed E-state index contributed by atoms with van der Waals surface area (Å²) in [6, 6.07) is 8.44. The smallest absolute Gasteiger partial charge is 0.253 e. The number of carbonyl (C=O) groups is 2. The molecule has 0 saturated heterocycles. The lowest BCUT2D eigenvalue weighted by molar-refractivity contribution is -0.161. The maximum atomic E-state index is 11.4. The SMILES string of the molecule is CC(c1ccccc1)[C@](O)(C(N)=O)[C@@H](O)C(N)=O. The first-order valence-corrected chi connectivity index (χ1v) is 5.36. The molecular formula is C12H16N2O4. The van der Waals surface area contributed by atoms with Crippen LogP contribution in [0.25, 0.3) is 0 Å². The summed E-state index contributed by atoms with van der Waals surface area (Å²) in [4.78, 5) is 22.4. The number of hydrogen-bond acceptors (Lipinski definition) is 4. The number of primary amides is 2. The fraction of sp³-hybridized carbons (Fsp3) is 0.333. The molecule has 0 heterocycles. The zero-order chi connectivity index (χ0) is 13.9. The van der Waals surface area contributed by atoms with Crippen molar-refractivity contribution in [3.05, 3.63) is 35.9 Å². The van der Waals surface area contributed by atoms with Crippen molar-refractivity contribution in [3.8, 4) is 0 Å². The zero-order valence-electron chi connectivity index (χ0n) is 9.91. The van der Waals surface area contributed by atoms with Gasteiger partial charge in [-0.3, -0.25) is 9.59 Å². The second kappa shape index (κ2) is 5.16. The molecule has 1 aromatic rings. The third-order valence-corrected chi connectivity index (χ3v) is 3.04. The topological polar surface area (TPSA) is 127 Å². The van der Waals surface area contributed by atoms with Crippen LogP contribution >= 0.6 is 0 Å². The molecule has 18 heavy (non-hydrogen) atoms. The van der Waals surface area contributed by atoms with Crippen LogP contribution in [-0.4, -0.2) is 33.7 Å². The number of hydrogen-bond donors (Lipinski definition) is 4. The molecule has 0 fully saturated rings. The van der Waals surface area contributed by atoms with Gasteiger partial charge in [-0.25, -0.2) is 0 Å². The first kappa shape index (κ1) is 14.1. The van der Waals surface area contributed by atoms with E-state index in [9.17, 15) is 19.8 Å². The second-order valence-corrected chi connectivity index (χ2v) is 4.13. The van der Waals surface area contributed by atoms with Gasteiger partial charge in [-0.2, -0.15) is 0 Å². The normalized spacial score (nSPS) is 17.5. The molecule has 98 valence electrons. The molecule has 0 aliphatic heterocycles. The van der Waals surface area contributed by atoms with Crippen LogP contribution in [0.5, 0.6) is 0 Å². The van der Waals surface area contributed by atoms with Gasteiger partial charge in [-0.05, 0) is 5.56 Å². The van der Waals surface area contributed by atoms with Crippen molar-refractivity contribution in [2.45, 2.75) is 24.5 Å². The van der Waals surface area contributed by atoms with E-state index in [1.54, 1.807) is 30.3 Å². The Morgan fingerprint density at radius 3 is 2.11 bits per heavy atom. The molecule has 0 saturated carbocycles. The number of carbonyl (C=O) groups excluding carboxylic acids is 2. The van der Waals surface area contributed by atoms with Gasteiger partial charge in [0, 0.05) is 5.92 Å². The Balaban J connectivity index is 3.21. The predicted molar refractivity (Wildman–Crippen MR) is 64.2 cm³/mol. The van der Waals surface area contributed by atoms with Crippen LogP contribution < -0.4 is 11.5 Å². The standard InChI is InChI=1S/C12H16N2O4/c1-7(8-5-3-2-4-6-8)12(18,11(14)17)9(15)10(13)16/h2-7,9,15,18H,1H3,(H2,13,16)(H2,14,17)/t7?,9-,12+/m0/s1. The lowest BCUT2D eigenvalue weighted by atomic mass is 9.78. The van der Waals surface area contributed by atoms with Gasteiger partial charge in [-0.15, -0.1) is 0 Å². The third kappa shape index (κ3) is 2.34. The average Bonchev–Trinajstić information content (AvgIpc) is 2.36. The highest BCUT2D eigenvalue weighted by Crippen LogP contribution is 2.30. The molecule has 0 spiro atoms. The maximum Gasteiger partial charge on any atom is 0.253 e. The Morgan fingerprint density at radius 2 is 1.72 bits per heavy atom. The van der Waals surface area contributed by atoms with Crippen LogP contribution in [0.4, 0.5) is 0 Å². The van der Waals surface area contributed by atoms with Gasteiger partial charge >= 0.3 is 0 Å². The molecule has 0 aromatic heterocycles. The Morgan fingerprint density at radius 1 is 1.22 bits per heavy atom. The quantitative estimate of drug-likeness (QED) is 0.527. The van der Waals surface area contributed by atoms with Crippen LogP contribution in [0.2, 0.25) is 0 Å². The third-order valence-electron chi connectivity index (χ3n) is 3.04. The van der Waals surface area contributed by atoms with E-state index in [-0.39, 0.29) is 0 Å². The molecule has 6 N–H and O–H groups in total. The minimum Gasteiger partial charge on any atom is -0.380 e. The summed E-state index contributed by atoms with van der Waals surface area (Å²) >= 11 is 0. The predicted octanol–water partition coefficient (Wildman–Crippen LogP) is -1.15. The highest BCUT2D eigenvalue weighted by molar-refractivity contribution is 5.93. The molecular weight excluding hydrogens is 236 g/mol. The molecule has 1 unspecified atom stereocenters. The monoisotopic (exact) mass is 252 g/mol. The highest BCUT2D eigenvalue weighted by Gasteiger charge is 2.49. The van der Waals surface area contributed by atoms with Crippen molar-refractivity contribution in [3.63, 3.8) is 0 Å². The molecule has 1 aromatic carbocycles. The Hall–Kier alpha value is -1.92. The van der Waals surface area contributed by atoms with E-state index in [1.807, 2.05) is 0 Å². The lowest BCUT2D eigenvalue weighted by Gasteiger charge is -2.33. The summed E-state index contributed by atoms with van der Waals surface area (Å²) in [7, 11) is 0. The Kier molecular flexibility index (Phi) is 4.05. The van der Waals surface area contributed by atoms with Crippen LogP contribution in [0.1, 0.15) is 18.4 Å². The van der Waals surface area contributed by atoms with Crippen molar-refractivity contribution in [2.75, 3.05) is 0 Å². The molecule has 2 amide bonds. The summed E-state index contributed by atoms with van der Waals surface area (Å²) in [5, 5.41) is 19.8. The maximum absolute atomic E-state index is 11.4. The van der Waals surface area contributed by atoms with Crippen molar-refractivity contribution in [2.24, 2.45) is 11.5 Å². The largest absolute Gasteiger partial charge is 0.380 e. The first-order chi connectivity index (χ1) is 8.31. The van der Waals surface area contributed by atoms with Crippen LogP contribution in [0.3, 0.4) is 0 Å². The number of aliphatic hydroxyl groups excluding tert-OH is 1. The number of amides is 2. The van der Waals surface area contributed by atoms with Gasteiger partial charge in [0.2, 0.25) is 5.91 Å². The first-order valence-electron chi connectivity index (χ1n) is 5.36. The summed E-state index contributed by atoms with van der Waals surface area (Å²) in [6.07, 6.45) is -2.06. The van der Waals surface area contributed by atoms with Gasteiger partial charge in [0.05, 0.1) is 0 Å². The number of aliphatic hydroxyl groups is 2. The molecule has 0 aliphatic rings. The fourth-order valence-corrected chi connectivity index (χ4v) is 1.80. The van der Waals surface area contributed by atoms with Gasteiger partial charge < -0.3 is 21.7 Å². The van der Waals surface area contributed by atoms with E-state index in [1.165, 1.54) is 6.92 Å². The molecule has 0 bridgehead atoms. The van der Waals surface area contributed by atoms with Crippen molar-refractivity contribution >= 4 is 11.8 Å². The van der Waals surface area contributed by atoms with E-state index >= 15 is 0 Å². The molecule has 0 aliphatic carbocycles. The van der Waals surface area contributed by atoms with E-state index in [0.717, 1.165) is 0 Å².